The number of fused-ring (bicyclic) bond motifs is 1. The summed E-state index contributed by atoms with van der Waals surface area (Å²) >= 11 is 1.53. The van der Waals surface area contributed by atoms with Gasteiger partial charge in [-0.3, -0.25) is 4.79 Å². The van der Waals surface area contributed by atoms with Crippen molar-refractivity contribution in [1.29, 1.82) is 0 Å². The first-order valence-corrected chi connectivity index (χ1v) is 9.58. The maximum absolute atomic E-state index is 12.3. The van der Waals surface area contributed by atoms with Crippen LogP contribution in [-0.4, -0.2) is 38.8 Å². The van der Waals surface area contributed by atoms with Crippen LogP contribution in [0.3, 0.4) is 0 Å². The van der Waals surface area contributed by atoms with Crippen molar-refractivity contribution in [1.82, 2.24) is 19.9 Å². The number of nitrogen functional groups attached to an aromatic ring is 1. The Labute approximate surface area is 155 Å². The Balaban J connectivity index is 1.44. The Morgan fingerprint density at radius 3 is 2.69 bits per heavy atom. The number of para-hydroxylation sites is 1. The summed E-state index contributed by atoms with van der Waals surface area (Å²) in [4.78, 5) is 27.5. The number of likely N-dealkylation sites (tertiary alicyclic amines) is 1. The molecule has 0 spiro atoms. The molecule has 1 amide bonds. The van der Waals surface area contributed by atoms with Crippen LogP contribution in [-0.2, 0) is 5.75 Å². The molecular weight excluding hydrogens is 346 g/mol. The Morgan fingerprint density at radius 2 is 1.92 bits per heavy atom. The average molecular weight is 365 g/mol. The second-order valence-corrected chi connectivity index (χ2v) is 7.21. The van der Waals surface area contributed by atoms with E-state index in [4.69, 9.17) is 5.73 Å². The number of amides is 1. The molecule has 0 radical (unpaired) electrons. The van der Waals surface area contributed by atoms with Crippen molar-refractivity contribution in [2.75, 3.05) is 18.8 Å². The molecule has 3 aromatic rings. The number of anilines is 1. The minimum atomic E-state index is 0.0668. The van der Waals surface area contributed by atoms with E-state index in [1.165, 1.54) is 11.8 Å². The van der Waals surface area contributed by atoms with Crippen molar-refractivity contribution >= 4 is 34.4 Å². The van der Waals surface area contributed by atoms with Gasteiger partial charge in [-0.05, 0) is 37.1 Å². The summed E-state index contributed by atoms with van der Waals surface area (Å²) in [7, 11) is 0. The summed E-state index contributed by atoms with van der Waals surface area (Å²) in [5, 5.41) is 1.70. The highest BCUT2D eigenvalue weighted by Crippen LogP contribution is 2.23. The van der Waals surface area contributed by atoms with Crippen molar-refractivity contribution < 1.29 is 4.79 Å². The van der Waals surface area contributed by atoms with E-state index >= 15 is 0 Å². The topological polar surface area (TPSA) is 85.0 Å². The molecule has 0 bridgehead atoms. The van der Waals surface area contributed by atoms with Crippen LogP contribution < -0.4 is 5.73 Å². The van der Waals surface area contributed by atoms with Gasteiger partial charge in [0.1, 0.15) is 11.6 Å². The van der Waals surface area contributed by atoms with E-state index in [-0.39, 0.29) is 5.91 Å². The molecule has 7 heteroatoms. The molecule has 26 heavy (non-hydrogen) atoms. The summed E-state index contributed by atoms with van der Waals surface area (Å²) in [5.74, 6) is 1.80. The van der Waals surface area contributed by atoms with Crippen molar-refractivity contribution in [3.63, 3.8) is 0 Å². The summed E-state index contributed by atoms with van der Waals surface area (Å²) in [6.07, 6.45) is 3.82. The van der Waals surface area contributed by atoms with E-state index in [1.807, 2.05) is 41.3 Å². The van der Waals surface area contributed by atoms with E-state index < -0.39 is 0 Å². The van der Waals surface area contributed by atoms with Crippen molar-refractivity contribution in [3.8, 4) is 0 Å². The number of nitrogens with two attached hydrogens (primary N) is 1. The number of hydrogen-bond acceptors (Lipinski definition) is 6. The standard InChI is InChI=1S/C19H19N5OS/c20-18-14-5-1-2-6-15(14)22-16(23-18)12-26-17-8-7-13(11-21-17)19(25)24-9-3-4-10-24/h1-2,5-8,11H,3-4,9-10,12H2,(H2,20,22,23). The fourth-order valence-electron chi connectivity index (χ4n) is 3.05. The summed E-state index contributed by atoms with van der Waals surface area (Å²) in [6.45, 7) is 1.69. The third-order valence-corrected chi connectivity index (χ3v) is 5.34. The number of aromatic nitrogens is 3. The maximum atomic E-state index is 12.3. The smallest absolute Gasteiger partial charge is 0.255 e. The lowest BCUT2D eigenvalue weighted by Crippen LogP contribution is -2.27. The summed E-state index contributed by atoms with van der Waals surface area (Å²) in [6, 6.07) is 11.4. The average Bonchev–Trinajstić information content (AvgIpc) is 3.21. The zero-order valence-corrected chi connectivity index (χ0v) is 15.1. The van der Waals surface area contributed by atoms with Crippen molar-refractivity contribution in [3.05, 3.63) is 54.0 Å². The normalized spacial score (nSPS) is 14.1. The quantitative estimate of drug-likeness (QED) is 0.715. The number of thioether (sulfide) groups is 1. The fraction of sp³-hybridized carbons (Fsp3) is 0.263. The number of carbonyl (C=O) groups is 1. The van der Waals surface area contributed by atoms with Crippen LogP contribution in [0.25, 0.3) is 10.9 Å². The van der Waals surface area contributed by atoms with Crippen LogP contribution in [0.5, 0.6) is 0 Å². The number of nitrogens with zero attached hydrogens (tertiary/aromatic N) is 4. The predicted molar refractivity (Wildman–Crippen MR) is 103 cm³/mol. The molecule has 0 atom stereocenters. The number of rotatable bonds is 4. The van der Waals surface area contributed by atoms with Gasteiger partial charge in [0.25, 0.3) is 5.91 Å². The number of benzene rings is 1. The molecule has 0 saturated carbocycles. The van der Waals surface area contributed by atoms with E-state index in [0.717, 1.165) is 41.9 Å². The Bertz CT molecular complexity index is 938. The zero-order valence-electron chi connectivity index (χ0n) is 14.3. The van der Waals surface area contributed by atoms with Crippen LogP contribution in [0, 0.1) is 0 Å². The molecule has 2 N–H and O–H groups in total. The number of pyridine rings is 1. The van der Waals surface area contributed by atoms with Crippen molar-refractivity contribution in [2.24, 2.45) is 0 Å². The molecule has 6 nitrogen and oxygen atoms in total. The Kier molecular flexibility index (Phi) is 4.71. The Hall–Kier alpha value is -2.67. The number of hydrogen-bond donors (Lipinski definition) is 1. The van der Waals surface area contributed by atoms with E-state index in [0.29, 0.717) is 23.0 Å². The third kappa shape index (κ3) is 3.48. The van der Waals surface area contributed by atoms with Gasteiger partial charge in [0.2, 0.25) is 0 Å². The molecule has 1 saturated heterocycles. The van der Waals surface area contributed by atoms with Crippen LogP contribution >= 0.6 is 11.8 Å². The second-order valence-electron chi connectivity index (χ2n) is 6.22. The molecule has 1 aromatic carbocycles. The molecule has 1 aliphatic rings. The highest BCUT2D eigenvalue weighted by molar-refractivity contribution is 7.98. The number of carbonyl (C=O) groups excluding carboxylic acids is 1. The highest BCUT2D eigenvalue weighted by Gasteiger charge is 2.19. The van der Waals surface area contributed by atoms with Gasteiger partial charge in [-0.1, -0.05) is 23.9 Å². The molecule has 1 fully saturated rings. The van der Waals surface area contributed by atoms with E-state index in [2.05, 4.69) is 15.0 Å². The monoisotopic (exact) mass is 365 g/mol. The molecule has 2 aromatic heterocycles. The molecular formula is C19H19N5OS. The first-order chi connectivity index (χ1) is 12.7. The molecule has 3 heterocycles. The van der Waals surface area contributed by atoms with Crippen LogP contribution in [0.15, 0.2) is 47.6 Å². The third-order valence-electron chi connectivity index (χ3n) is 4.40. The van der Waals surface area contributed by atoms with Gasteiger partial charge >= 0.3 is 0 Å². The van der Waals surface area contributed by atoms with Crippen LogP contribution in [0.2, 0.25) is 0 Å². The second kappa shape index (κ2) is 7.29. The lowest BCUT2D eigenvalue weighted by Gasteiger charge is -2.14. The van der Waals surface area contributed by atoms with Crippen LogP contribution in [0.1, 0.15) is 29.0 Å². The summed E-state index contributed by atoms with van der Waals surface area (Å²) in [5.41, 5.74) is 7.50. The van der Waals surface area contributed by atoms with E-state index in [9.17, 15) is 4.79 Å². The molecule has 4 rings (SSSR count). The Morgan fingerprint density at radius 1 is 1.12 bits per heavy atom. The largest absolute Gasteiger partial charge is 0.383 e. The van der Waals surface area contributed by atoms with Gasteiger partial charge < -0.3 is 10.6 Å². The lowest BCUT2D eigenvalue weighted by atomic mass is 10.2. The van der Waals surface area contributed by atoms with Gasteiger partial charge in [0, 0.05) is 24.7 Å². The lowest BCUT2D eigenvalue weighted by molar-refractivity contribution is 0.0792. The van der Waals surface area contributed by atoms with Crippen molar-refractivity contribution in [2.45, 2.75) is 23.6 Å². The SMILES string of the molecule is Nc1nc(CSc2ccc(C(=O)N3CCCC3)cn2)nc2ccccc12. The summed E-state index contributed by atoms with van der Waals surface area (Å²) < 4.78 is 0. The minimum absolute atomic E-state index is 0.0668. The van der Waals surface area contributed by atoms with Gasteiger partial charge in [-0.15, -0.1) is 0 Å². The molecule has 132 valence electrons. The van der Waals surface area contributed by atoms with E-state index in [1.54, 1.807) is 6.20 Å². The predicted octanol–water partition coefficient (Wildman–Crippen LogP) is 3.14. The fourth-order valence-corrected chi connectivity index (χ4v) is 3.75. The molecule has 1 aliphatic heterocycles. The first-order valence-electron chi connectivity index (χ1n) is 8.60. The molecule has 0 unspecified atom stereocenters. The zero-order chi connectivity index (χ0) is 17.9. The first kappa shape index (κ1) is 16.8. The van der Waals surface area contributed by atoms with Gasteiger partial charge in [-0.2, -0.15) is 0 Å². The van der Waals surface area contributed by atoms with Gasteiger partial charge in [-0.25, -0.2) is 15.0 Å². The highest BCUT2D eigenvalue weighted by atomic mass is 32.2. The van der Waals surface area contributed by atoms with Gasteiger partial charge in [0.15, 0.2) is 0 Å². The maximum Gasteiger partial charge on any atom is 0.255 e. The van der Waals surface area contributed by atoms with Crippen LogP contribution in [0.4, 0.5) is 5.82 Å². The van der Waals surface area contributed by atoms with Gasteiger partial charge in [0.05, 0.1) is 21.9 Å². The minimum Gasteiger partial charge on any atom is -0.383 e. The molecule has 0 aliphatic carbocycles.